The van der Waals surface area contributed by atoms with E-state index in [-0.39, 0.29) is 29.8 Å². The molecule has 29 heavy (non-hydrogen) atoms. The first-order chi connectivity index (χ1) is 13.9. The van der Waals surface area contributed by atoms with E-state index in [1.807, 2.05) is 32.0 Å². The second-order valence-electron chi connectivity index (χ2n) is 7.46. The third-order valence-corrected chi connectivity index (χ3v) is 5.70. The second-order valence-corrected chi connectivity index (χ2v) is 7.46. The van der Waals surface area contributed by atoms with Crippen molar-refractivity contribution in [1.29, 1.82) is 0 Å². The Labute approximate surface area is 171 Å². The van der Waals surface area contributed by atoms with Gasteiger partial charge in [0.1, 0.15) is 17.3 Å². The lowest BCUT2D eigenvalue weighted by atomic mass is 10.0. The molecule has 1 heterocycles. The first kappa shape index (κ1) is 21.1. The number of likely N-dealkylation sites (tertiary alicyclic amines) is 1. The molecule has 0 radical (unpaired) electrons. The zero-order valence-corrected chi connectivity index (χ0v) is 17.4. The molecule has 156 valence electrons. The summed E-state index contributed by atoms with van der Waals surface area (Å²) in [6.07, 6.45) is 1.96. The SMILES string of the molecule is COc1ccc(OC)c([C@@H]2CCCN2[C@H](C)C(=O)N[C@@H](C)c2ccc(F)cc2)c1. The van der Waals surface area contributed by atoms with Crippen molar-refractivity contribution in [3.05, 3.63) is 59.4 Å². The molecule has 0 saturated carbocycles. The fraction of sp³-hybridized carbons (Fsp3) is 0.435. The van der Waals surface area contributed by atoms with Gasteiger partial charge >= 0.3 is 0 Å². The Bertz CT molecular complexity index is 841. The maximum absolute atomic E-state index is 13.2. The molecule has 2 aromatic rings. The second kappa shape index (κ2) is 9.27. The van der Waals surface area contributed by atoms with Gasteiger partial charge < -0.3 is 14.8 Å². The molecule has 0 aliphatic carbocycles. The number of hydrogen-bond donors (Lipinski definition) is 1. The summed E-state index contributed by atoms with van der Waals surface area (Å²) in [5.74, 6) is 1.24. The Balaban J connectivity index is 1.75. The van der Waals surface area contributed by atoms with Gasteiger partial charge in [-0.25, -0.2) is 4.39 Å². The van der Waals surface area contributed by atoms with E-state index in [4.69, 9.17) is 9.47 Å². The van der Waals surface area contributed by atoms with Crippen molar-refractivity contribution in [1.82, 2.24) is 10.2 Å². The Morgan fingerprint density at radius 3 is 2.52 bits per heavy atom. The van der Waals surface area contributed by atoms with Crippen LogP contribution in [0.25, 0.3) is 0 Å². The number of hydrogen-bond acceptors (Lipinski definition) is 4. The van der Waals surface area contributed by atoms with Gasteiger partial charge in [-0.2, -0.15) is 0 Å². The van der Waals surface area contributed by atoms with E-state index in [2.05, 4.69) is 10.2 Å². The summed E-state index contributed by atoms with van der Waals surface area (Å²) in [4.78, 5) is 15.2. The molecule has 1 aliphatic rings. The van der Waals surface area contributed by atoms with Crippen LogP contribution in [-0.4, -0.2) is 37.6 Å². The fourth-order valence-electron chi connectivity index (χ4n) is 4.01. The highest BCUT2D eigenvalue weighted by atomic mass is 19.1. The van der Waals surface area contributed by atoms with Gasteiger partial charge in [-0.05, 0) is 69.1 Å². The van der Waals surface area contributed by atoms with Gasteiger partial charge in [0.25, 0.3) is 0 Å². The number of rotatable bonds is 7. The van der Waals surface area contributed by atoms with Crippen molar-refractivity contribution < 1.29 is 18.7 Å². The molecule has 0 aromatic heterocycles. The Kier molecular flexibility index (Phi) is 6.75. The van der Waals surface area contributed by atoms with Crippen LogP contribution in [0, 0.1) is 5.82 Å². The van der Waals surface area contributed by atoms with E-state index in [1.165, 1.54) is 12.1 Å². The first-order valence-corrected chi connectivity index (χ1v) is 9.98. The minimum atomic E-state index is -0.304. The minimum Gasteiger partial charge on any atom is -0.497 e. The van der Waals surface area contributed by atoms with Gasteiger partial charge in [-0.1, -0.05) is 12.1 Å². The molecular weight excluding hydrogens is 371 g/mol. The summed E-state index contributed by atoms with van der Waals surface area (Å²) in [7, 11) is 3.30. The van der Waals surface area contributed by atoms with Crippen molar-refractivity contribution in [2.24, 2.45) is 0 Å². The van der Waals surface area contributed by atoms with Crippen molar-refractivity contribution in [3.8, 4) is 11.5 Å². The number of amides is 1. The number of carbonyl (C=O) groups is 1. The van der Waals surface area contributed by atoms with Crippen molar-refractivity contribution >= 4 is 5.91 Å². The number of carbonyl (C=O) groups excluding carboxylic acids is 1. The number of methoxy groups -OCH3 is 2. The molecular formula is C23H29FN2O3. The maximum Gasteiger partial charge on any atom is 0.237 e. The van der Waals surface area contributed by atoms with Crippen LogP contribution < -0.4 is 14.8 Å². The zero-order chi connectivity index (χ0) is 21.0. The van der Waals surface area contributed by atoms with Gasteiger partial charge in [0, 0.05) is 11.6 Å². The third-order valence-electron chi connectivity index (χ3n) is 5.70. The largest absolute Gasteiger partial charge is 0.497 e. The molecule has 1 N–H and O–H groups in total. The van der Waals surface area contributed by atoms with Crippen LogP contribution in [0.5, 0.6) is 11.5 Å². The Morgan fingerprint density at radius 2 is 1.86 bits per heavy atom. The summed E-state index contributed by atoms with van der Waals surface area (Å²) < 4.78 is 24.1. The van der Waals surface area contributed by atoms with Crippen LogP contribution in [0.3, 0.4) is 0 Å². The van der Waals surface area contributed by atoms with E-state index < -0.39 is 0 Å². The number of halogens is 1. The highest BCUT2D eigenvalue weighted by Gasteiger charge is 2.35. The summed E-state index contributed by atoms with van der Waals surface area (Å²) in [5.41, 5.74) is 1.91. The summed E-state index contributed by atoms with van der Waals surface area (Å²) >= 11 is 0. The predicted octanol–water partition coefficient (Wildman–Crippen LogP) is 4.25. The molecule has 3 atom stereocenters. The smallest absolute Gasteiger partial charge is 0.237 e. The highest BCUT2D eigenvalue weighted by molar-refractivity contribution is 5.81. The van der Waals surface area contributed by atoms with Gasteiger partial charge in [0.15, 0.2) is 0 Å². The van der Waals surface area contributed by atoms with Crippen LogP contribution in [0.1, 0.15) is 49.9 Å². The molecule has 1 saturated heterocycles. The molecule has 3 rings (SSSR count). The average molecular weight is 400 g/mol. The lowest BCUT2D eigenvalue weighted by Crippen LogP contribution is -2.45. The number of ether oxygens (including phenoxy) is 2. The normalized spacial score (nSPS) is 18.9. The van der Waals surface area contributed by atoms with Crippen molar-refractivity contribution in [2.45, 2.75) is 44.8 Å². The van der Waals surface area contributed by atoms with E-state index in [1.54, 1.807) is 26.4 Å². The molecule has 2 aromatic carbocycles. The van der Waals surface area contributed by atoms with Gasteiger partial charge in [-0.3, -0.25) is 9.69 Å². The molecule has 0 bridgehead atoms. The topological polar surface area (TPSA) is 50.8 Å². The quantitative estimate of drug-likeness (QED) is 0.755. The van der Waals surface area contributed by atoms with Crippen LogP contribution in [0.4, 0.5) is 4.39 Å². The molecule has 0 unspecified atom stereocenters. The lowest BCUT2D eigenvalue weighted by Gasteiger charge is -2.31. The molecule has 6 heteroatoms. The van der Waals surface area contributed by atoms with Crippen molar-refractivity contribution in [3.63, 3.8) is 0 Å². The summed E-state index contributed by atoms with van der Waals surface area (Å²) in [6.45, 7) is 4.67. The first-order valence-electron chi connectivity index (χ1n) is 9.98. The Morgan fingerprint density at radius 1 is 1.14 bits per heavy atom. The van der Waals surface area contributed by atoms with Crippen LogP contribution in [0.15, 0.2) is 42.5 Å². The zero-order valence-electron chi connectivity index (χ0n) is 17.4. The van der Waals surface area contributed by atoms with Gasteiger partial charge in [0.2, 0.25) is 5.91 Å². The number of nitrogens with one attached hydrogen (secondary N) is 1. The van der Waals surface area contributed by atoms with E-state index in [0.717, 1.165) is 42.0 Å². The molecule has 1 fully saturated rings. The van der Waals surface area contributed by atoms with Crippen LogP contribution in [0.2, 0.25) is 0 Å². The Hall–Kier alpha value is -2.60. The standard InChI is InChI=1S/C23H29FN2O3/c1-15(17-7-9-18(24)10-8-17)25-23(27)16(2)26-13-5-6-21(26)20-14-19(28-3)11-12-22(20)29-4/h7-12,14-16,21H,5-6,13H2,1-4H3,(H,25,27)/t15-,16+,21-/m0/s1. The van der Waals surface area contributed by atoms with E-state index >= 15 is 0 Å². The molecule has 5 nitrogen and oxygen atoms in total. The fourth-order valence-corrected chi connectivity index (χ4v) is 4.01. The van der Waals surface area contributed by atoms with Gasteiger partial charge in [0.05, 0.1) is 26.3 Å². The molecule has 1 aliphatic heterocycles. The van der Waals surface area contributed by atoms with E-state index in [9.17, 15) is 9.18 Å². The van der Waals surface area contributed by atoms with Crippen LogP contribution in [-0.2, 0) is 4.79 Å². The van der Waals surface area contributed by atoms with Crippen LogP contribution >= 0.6 is 0 Å². The number of benzene rings is 2. The monoisotopic (exact) mass is 400 g/mol. The molecule has 0 spiro atoms. The number of nitrogens with zero attached hydrogens (tertiary/aromatic N) is 1. The maximum atomic E-state index is 13.2. The van der Waals surface area contributed by atoms with E-state index in [0.29, 0.717) is 0 Å². The van der Waals surface area contributed by atoms with Crippen molar-refractivity contribution in [2.75, 3.05) is 20.8 Å². The average Bonchev–Trinajstić information content (AvgIpc) is 3.22. The molecule has 1 amide bonds. The summed E-state index contributed by atoms with van der Waals surface area (Å²) in [6, 6.07) is 11.6. The lowest BCUT2D eigenvalue weighted by molar-refractivity contribution is -0.127. The predicted molar refractivity (Wildman–Crippen MR) is 111 cm³/mol. The van der Waals surface area contributed by atoms with Gasteiger partial charge in [-0.15, -0.1) is 0 Å². The highest BCUT2D eigenvalue weighted by Crippen LogP contribution is 2.40. The minimum absolute atomic E-state index is 0.0458. The summed E-state index contributed by atoms with van der Waals surface area (Å²) in [5, 5.41) is 3.06. The third kappa shape index (κ3) is 4.70.